The second kappa shape index (κ2) is 26.0. The van der Waals surface area contributed by atoms with Gasteiger partial charge < -0.3 is 18.8 Å². The summed E-state index contributed by atoms with van der Waals surface area (Å²) in [6.45, 7) is 8.12. The maximum absolute atomic E-state index is 12.0. The Bertz CT molecular complexity index is 1200. The number of esters is 1. The van der Waals surface area contributed by atoms with E-state index in [0.717, 1.165) is 44.2 Å². The van der Waals surface area contributed by atoms with Gasteiger partial charge in [-0.3, -0.25) is 4.79 Å². The van der Waals surface area contributed by atoms with Gasteiger partial charge in [0.05, 0.1) is 16.9 Å². The number of thiazole rings is 1. The molecule has 1 saturated heterocycles. The maximum Gasteiger partial charge on any atom is 0.305 e. The first-order valence-electron chi connectivity index (χ1n) is 18.6. The summed E-state index contributed by atoms with van der Waals surface area (Å²) in [5.41, 5.74) is 4.39. The summed E-state index contributed by atoms with van der Waals surface area (Å²) in [5, 5.41) is 2.16. The van der Waals surface area contributed by atoms with E-state index >= 15 is 0 Å². The van der Waals surface area contributed by atoms with Crippen LogP contribution in [0, 0.1) is 13.8 Å². The summed E-state index contributed by atoms with van der Waals surface area (Å²) >= 11 is 1.73. The van der Waals surface area contributed by atoms with Crippen LogP contribution in [0.25, 0.3) is 0 Å². The quantitative estimate of drug-likeness (QED) is 0.0438. The molecule has 0 unspecified atom stereocenters. The number of aryl methyl sites for hydroxylation is 3. The number of aromatic nitrogens is 1. The number of carbonyl (C=O) groups is 1. The van der Waals surface area contributed by atoms with Gasteiger partial charge in [-0.15, -0.1) is 0 Å². The van der Waals surface area contributed by atoms with E-state index in [2.05, 4.69) is 29.3 Å². The molecule has 274 valence electrons. The van der Waals surface area contributed by atoms with E-state index in [1.165, 1.54) is 108 Å². The number of carbonyl (C=O) groups excluding carboxylic acids is 1. The normalized spacial score (nSPS) is 16.1. The lowest BCUT2D eigenvalue weighted by Crippen LogP contribution is -2.33. The Balaban J connectivity index is 0.000000613. The summed E-state index contributed by atoms with van der Waals surface area (Å²) in [5.74, 6) is -0.117. The Morgan fingerprint density at radius 2 is 1.42 bits per heavy atom. The molecule has 0 radical (unpaired) electrons. The average molecular weight is 710 g/mol. The van der Waals surface area contributed by atoms with Crippen LogP contribution in [0.3, 0.4) is 0 Å². The van der Waals surface area contributed by atoms with Crippen LogP contribution >= 0.6 is 11.3 Å². The maximum atomic E-state index is 12.0. The zero-order valence-electron chi connectivity index (χ0n) is 30.0. The topological polar surface area (TPSA) is 106 Å². The van der Waals surface area contributed by atoms with Crippen LogP contribution in [-0.4, -0.2) is 44.5 Å². The van der Waals surface area contributed by atoms with Gasteiger partial charge in [0.25, 0.3) is 0 Å². The summed E-state index contributed by atoms with van der Waals surface area (Å²) in [6.07, 6.45) is 24.9. The molecule has 8 nitrogen and oxygen atoms in total. The fourth-order valence-corrected chi connectivity index (χ4v) is 6.98. The Labute approximate surface area is 295 Å². The molecule has 0 aliphatic carbocycles. The van der Waals surface area contributed by atoms with Crippen molar-refractivity contribution in [2.75, 3.05) is 13.2 Å². The molecule has 0 bridgehead atoms. The van der Waals surface area contributed by atoms with Crippen molar-refractivity contribution in [1.29, 1.82) is 0 Å². The first-order valence-corrected chi connectivity index (χ1v) is 20.9. The summed E-state index contributed by atoms with van der Waals surface area (Å²) in [7, 11) is -4.27. The second-order valence-corrected chi connectivity index (χ2v) is 15.3. The molecule has 1 aromatic heterocycles. The van der Waals surface area contributed by atoms with Gasteiger partial charge in [-0.25, -0.2) is 8.42 Å². The largest absolute Gasteiger partial charge is 0.744 e. The molecular weight excluding hydrogens is 647 g/mol. The van der Waals surface area contributed by atoms with Crippen LogP contribution < -0.4 is 4.57 Å². The highest BCUT2D eigenvalue weighted by atomic mass is 32.2. The zero-order valence-corrected chi connectivity index (χ0v) is 31.6. The van der Waals surface area contributed by atoms with Crippen LogP contribution in [0.15, 0.2) is 40.1 Å². The fourth-order valence-electron chi connectivity index (χ4n) is 5.70. The summed E-state index contributed by atoms with van der Waals surface area (Å²) < 4.78 is 50.6. The SMILES string of the molecule is CCCCCCCCCCCCCCCCC[C@H]1OC[C@H](COC(=O)CCCCC[n+]2cscc2C)O1.Cc1ccc(S(=O)(=O)[O-])cc1. The second-order valence-electron chi connectivity index (χ2n) is 13.2. The predicted octanol–water partition coefficient (Wildman–Crippen LogP) is 9.35. The Hall–Kier alpha value is -1.85. The molecule has 3 rings (SSSR count). The Morgan fingerprint density at radius 1 is 0.854 bits per heavy atom. The summed E-state index contributed by atoms with van der Waals surface area (Å²) in [6, 6.07) is 5.78. The molecule has 1 aliphatic rings. The van der Waals surface area contributed by atoms with E-state index < -0.39 is 10.1 Å². The van der Waals surface area contributed by atoms with E-state index in [0.29, 0.717) is 19.6 Å². The molecule has 2 aromatic rings. The molecule has 1 fully saturated rings. The van der Waals surface area contributed by atoms with E-state index in [9.17, 15) is 17.8 Å². The minimum atomic E-state index is -4.27. The van der Waals surface area contributed by atoms with Gasteiger partial charge >= 0.3 is 5.97 Å². The third-order valence-corrected chi connectivity index (χ3v) is 10.5. The Morgan fingerprint density at radius 3 is 1.96 bits per heavy atom. The van der Waals surface area contributed by atoms with E-state index in [1.54, 1.807) is 23.5 Å². The van der Waals surface area contributed by atoms with Crippen molar-refractivity contribution < 1.29 is 36.5 Å². The van der Waals surface area contributed by atoms with Crippen LogP contribution in [0.4, 0.5) is 0 Å². The molecule has 0 saturated carbocycles. The highest BCUT2D eigenvalue weighted by Crippen LogP contribution is 2.19. The summed E-state index contributed by atoms with van der Waals surface area (Å²) in [4.78, 5) is 11.9. The average Bonchev–Trinajstić information content (AvgIpc) is 3.70. The van der Waals surface area contributed by atoms with E-state index in [4.69, 9.17) is 14.2 Å². The molecule has 10 heteroatoms. The minimum Gasteiger partial charge on any atom is -0.744 e. The van der Waals surface area contributed by atoms with Crippen molar-refractivity contribution in [2.45, 2.75) is 173 Å². The van der Waals surface area contributed by atoms with Gasteiger partial charge in [-0.1, -0.05) is 126 Å². The van der Waals surface area contributed by atoms with Crippen molar-refractivity contribution in [3.05, 3.63) is 46.4 Å². The number of rotatable bonds is 25. The molecule has 1 aromatic carbocycles. The third kappa shape index (κ3) is 20.6. The number of nitrogens with zero attached hydrogens (tertiary/aromatic N) is 1. The monoisotopic (exact) mass is 709 g/mol. The van der Waals surface area contributed by atoms with E-state index in [1.807, 2.05) is 6.92 Å². The molecule has 2 heterocycles. The van der Waals surface area contributed by atoms with Crippen molar-refractivity contribution in [2.24, 2.45) is 0 Å². The highest BCUT2D eigenvalue weighted by Gasteiger charge is 2.26. The number of ether oxygens (including phenoxy) is 3. The molecule has 0 N–H and O–H groups in total. The van der Waals surface area contributed by atoms with Crippen LogP contribution in [-0.2, 0) is 35.7 Å². The van der Waals surface area contributed by atoms with Crippen molar-refractivity contribution >= 4 is 27.4 Å². The fraction of sp³-hybridized carbons (Fsp3) is 0.737. The molecule has 1 aliphatic heterocycles. The van der Waals surface area contributed by atoms with Gasteiger partial charge in [0.15, 0.2) is 12.0 Å². The van der Waals surface area contributed by atoms with Crippen molar-refractivity contribution in [3.8, 4) is 0 Å². The third-order valence-electron chi connectivity index (χ3n) is 8.76. The highest BCUT2D eigenvalue weighted by molar-refractivity contribution is 7.85. The van der Waals surface area contributed by atoms with Gasteiger partial charge in [0.2, 0.25) is 5.51 Å². The predicted molar refractivity (Wildman–Crippen MR) is 192 cm³/mol. The standard InChI is InChI=1S/C31H56NO4S.C7H8O3S/c1-3-4-5-6-7-8-9-10-11-12-13-14-15-16-19-22-31-35-25-29(36-31)24-34-30(33)21-18-17-20-23-32-27-37-26-28(32)2;1-6-2-4-7(5-3-6)11(8,9)10/h26-27,29,31H,3-25H2,1-2H3;2-5H,1H3,(H,8,9,10)/q+1;/p-1/t29-,31-;/m0./s1. The van der Waals surface area contributed by atoms with Crippen LogP contribution in [0.1, 0.15) is 147 Å². The number of hydrogen-bond donors (Lipinski definition) is 0. The molecule has 0 spiro atoms. The lowest BCUT2D eigenvalue weighted by Gasteiger charge is -2.12. The van der Waals surface area contributed by atoms with Gasteiger partial charge in [-0.2, -0.15) is 4.57 Å². The lowest BCUT2D eigenvalue weighted by atomic mass is 10.0. The number of hydrogen-bond acceptors (Lipinski definition) is 8. The van der Waals surface area contributed by atoms with Crippen molar-refractivity contribution in [3.63, 3.8) is 0 Å². The Kier molecular flexibility index (Phi) is 22.9. The number of benzene rings is 1. The number of unbranched alkanes of at least 4 members (excludes halogenated alkanes) is 16. The van der Waals surface area contributed by atoms with E-state index in [-0.39, 0.29) is 23.3 Å². The van der Waals surface area contributed by atoms with Crippen molar-refractivity contribution in [1.82, 2.24) is 0 Å². The van der Waals surface area contributed by atoms with Crippen LogP contribution in [0.5, 0.6) is 0 Å². The first-order chi connectivity index (χ1) is 23.2. The smallest absolute Gasteiger partial charge is 0.305 e. The zero-order chi connectivity index (χ0) is 34.9. The molecule has 0 amide bonds. The lowest BCUT2D eigenvalue weighted by molar-refractivity contribution is -0.698. The molecule has 48 heavy (non-hydrogen) atoms. The van der Waals surface area contributed by atoms with Gasteiger partial charge in [0, 0.05) is 19.8 Å². The minimum absolute atomic E-state index is 0.108. The molecular formula is C38H63NO7S2. The first kappa shape index (κ1) is 42.3. The van der Waals surface area contributed by atoms with Gasteiger partial charge in [0.1, 0.15) is 29.4 Å². The van der Waals surface area contributed by atoms with Crippen LogP contribution in [0.2, 0.25) is 0 Å². The molecule has 2 atom stereocenters. The van der Waals surface area contributed by atoms with Gasteiger partial charge in [-0.05, 0) is 44.7 Å².